The molecule has 148 valence electrons. The second-order valence-corrected chi connectivity index (χ2v) is 6.86. The van der Waals surface area contributed by atoms with Crippen LogP contribution in [-0.2, 0) is 4.74 Å². The molecule has 0 bridgehead atoms. The molecule has 29 heavy (non-hydrogen) atoms. The Morgan fingerprint density at radius 1 is 1.07 bits per heavy atom. The molecule has 4 aromatic rings. The van der Waals surface area contributed by atoms with Crippen LogP contribution < -0.4 is 4.74 Å². The van der Waals surface area contributed by atoms with E-state index in [4.69, 9.17) is 21.1 Å². The van der Waals surface area contributed by atoms with Gasteiger partial charge in [-0.15, -0.1) is 0 Å². The van der Waals surface area contributed by atoms with Crippen molar-refractivity contribution in [3.05, 3.63) is 65.8 Å². The predicted molar refractivity (Wildman–Crippen MR) is 111 cm³/mol. The largest absolute Gasteiger partial charge is 0.475 e. The van der Waals surface area contributed by atoms with Crippen molar-refractivity contribution in [2.75, 3.05) is 20.3 Å². The normalized spacial score (nSPS) is 11.0. The van der Waals surface area contributed by atoms with E-state index >= 15 is 0 Å². The van der Waals surface area contributed by atoms with Gasteiger partial charge in [0.05, 0.1) is 12.3 Å². The van der Waals surface area contributed by atoms with Gasteiger partial charge in [-0.3, -0.25) is 5.10 Å². The van der Waals surface area contributed by atoms with Crippen molar-refractivity contribution in [1.29, 1.82) is 0 Å². The number of aromatic amines is 1. The molecule has 0 aliphatic rings. The number of aryl methyl sites for hydroxylation is 1. The second-order valence-electron chi connectivity index (χ2n) is 6.46. The van der Waals surface area contributed by atoms with Crippen molar-refractivity contribution in [3.63, 3.8) is 0 Å². The number of hydrogen-bond donors (Lipinski definition) is 1. The molecule has 0 unspecified atom stereocenters. The Kier molecular flexibility index (Phi) is 5.59. The molecular formula is C21H20ClN5O2. The molecule has 0 saturated carbocycles. The van der Waals surface area contributed by atoms with E-state index < -0.39 is 0 Å². The van der Waals surface area contributed by atoms with Gasteiger partial charge in [-0.1, -0.05) is 29.8 Å². The Balaban J connectivity index is 1.81. The molecule has 8 heteroatoms. The Hall–Kier alpha value is -3.16. The van der Waals surface area contributed by atoms with Gasteiger partial charge in [-0.05, 0) is 18.6 Å². The fraction of sp³-hybridized carbons (Fsp3) is 0.190. The first-order valence-corrected chi connectivity index (χ1v) is 9.46. The first-order valence-electron chi connectivity index (χ1n) is 9.08. The van der Waals surface area contributed by atoms with Crippen LogP contribution in [0.15, 0.2) is 55.2 Å². The number of halogens is 1. The number of hydrogen-bond acceptors (Lipinski definition) is 5. The topological polar surface area (TPSA) is 77.9 Å². The van der Waals surface area contributed by atoms with Gasteiger partial charge in [0.2, 0.25) is 5.88 Å². The molecule has 0 atom stereocenters. The summed E-state index contributed by atoms with van der Waals surface area (Å²) < 4.78 is 12.7. The van der Waals surface area contributed by atoms with E-state index in [9.17, 15) is 0 Å². The molecule has 0 fully saturated rings. The number of nitrogens with zero attached hydrogens (tertiary/aromatic N) is 4. The number of aromatic nitrogens is 5. The summed E-state index contributed by atoms with van der Waals surface area (Å²) in [6.07, 6.45) is 7.31. The quantitative estimate of drug-likeness (QED) is 0.460. The maximum atomic E-state index is 6.48. The minimum absolute atomic E-state index is 0.436. The molecule has 0 amide bonds. The molecule has 4 rings (SSSR count). The number of pyridine rings is 1. The second kappa shape index (κ2) is 8.46. The van der Waals surface area contributed by atoms with Crippen molar-refractivity contribution in [2.45, 2.75) is 6.92 Å². The van der Waals surface area contributed by atoms with Gasteiger partial charge >= 0.3 is 0 Å². The molecule has 7 nitrogen and oxygen atoms in total. The van der Waals surface area contributed by atoms with Gasteiger partial charge in [0.25, 0.3) is 0 Å². The third-order valence-electron chi connectivity index (χ3n) is 4.53. The average molecular weight is 410 g/mol. The number of ether oxygens (including phenoxy) is 2. The van der Waals surface area contributed by atoms with Crippen LogP contribution in [0.2, 0.25) is 5.02 Å². The van der Waals surface area contributed by atoms with Crippen LogP contribution in [0.3, 0.4) is 0 Å². The maximum absolute atomic E-state index is 6.48. The standard InChI is InChI=1S/C21H20ClN5O2/c1-14-10-23-20(29-8-7-28-2)9-19(14)27-11-16(15-5-3-4-6-18(15)22)17(12-27)21-24-13-25-26-21/h3-6,9-13H,7-8H2,1-2H3,(H,24,25,26). The van der Waals surface area contributed by atoms with Gasteiger partial charge in [0, 0.05) is 53.5 Å². The number of rotatable bonds is 7. The molecule has 3 aromatic heterocycles. The first kappa shape index (κ1) is 19.2. The minimum Gasteiger partial charge on any atom is -0.475 e. The highest BCUT2D eigenvalue weighted by molar-refractivity contribution is 6.33. The van der Waals surface area contributed by atoms with Gasteiger partial charge in [-0.2, -0.15) is 5.10 Å². The van der Waals surface area contributed by atoms with E-state index in [-0.39, 0.29) is 0 Å². The fourth-order valence-corrected chi connectivity index (χ4v) is 3.33. The van der Waals surface area contributed by atoms with Crippen LogP contribution in [-0.4, -0.2) is 45.1 Å². The number of nitrogens with one attached hydrogen (secondary N) is 1. The Bertz CT molecular complexity index is 1110. The molecular weight excluding hydrogens is 390 g/mol. The lowest BCUT2D eigenvalue weighted by molar-refractivity contribution is 0.143. The Morgan fingerprint density at radius 2 is 1.90 bits per heavy atom. The summed E-state index contributed by atoms with van der Waals surface area (Å²) in [5.74, 6) is 1.21. The summed E-state index contributed by atoms with van der Waals surface area (Å²) in [4.78, 5) is 8.67. The Labute approximate surface area is 173 Å². The van der Waals surface area contributed by atoms with Crippen LogP contribution in [0.4, 0.5) is 0 Å². The maximum Gasteiger partial charge on any atom is 0.215 e. The van der Waals surface area contributed by atoms with Crippen molar-refractivity contribution >= 4 is 11.6 Å². The van der Waals surface area contributed by atoms with Gasteiger partial charge in [0.1, 0.15) is 12.9 Å². The van der Waals surface area contributed by atoms with Gasteiger partial charge < -0.3 is 14.0 Å². The van der Waals surface area contributed by atoms with E-state index in [2.05, 4.69) is 20.2 Å². The van der Waals surface area contributed by atoms with E-state index in [1.165, 1.54) is 6.33 Å². The smallest absolute Gasteiger partial charge is 0.215 e. The fourth-order valence-electron chi connectivity index (χ4n) is 3.09. The molecule has 0 radical (unpaired) electrons. The average Bonchev–Trinajstić information content (AvgIpc) is 3.39. The predicted octanol–water partition coefficient (Wildman–Crippen LogP) is 4.31. The minimum atomic E-state index is 0.436. The van der Waals surface area contributed by atoms with E-state index in [1.807, 2.05) is 54.2 Å². The zero-order valence-electron chi connectivity index (χ0n) is 16.1. The first-order chi connectivity index (χ1) is 14.2. The molecule has 0 spiro atoms. The van der Waals surface area contributed by atoms with Crippen LogP contribution >= 0.6 is 11.6 Å². The number of H-pyrrole nitrogens is 1. The molecule has 0 saturated heterocycles. The van der Waals surface area contributed by atoms with E-state index in [0.29, 0.717) is 29.9 Å². The van der Waals surface area contributed by atoms with Crippen LogP contribution in [0.1, 0.15) is 5.56 Å². The van der Waals surface area contributed by atoms with Crippen LogP contribution in [0.25, 0.3) is 28.2 Å². The lowest BCUT2D eigenvalue weighted by atomic mass is 10.0. The third kappa shape index (κ3) is 4.01. The van der Waals surface area contributed by atoms with E-state index in [1.54, 1.807) is 13.3 Å². The van der Waals surface area contributed by atoms with Crippen molar-refractivity contribution < 1.29 is 9.47 Å². The summed E-state index contributed by atoms with van der Waals surface area (Å²) in [7, 11) is 1.64. The lowest BCUT2D eigenvalue weighted by Crippen LogP contribution is -2.06. The van der Waals surface area contributed by atoms with Gasteiger partial charge in [0.15, 0.2) is 5.82 Å². The Morgan fingerprint density at radius 3 is 2.66 bits per heavy atom. The zero-order valence-corrected chi connectivity index (χ0v) is 16.8. The number of benzene rings is 1. The lowest BCUT2D eigenvalue weighted by Gasteiger charge is -2.10. The summed E-state index contributed by atoms with van der Waals surface area (Å²) in [6.45, 7) is 2.94. The van der Waals surface area contributed by atoms with E-state index in [0.717, 1.165) is 27.9 Å². The summed E-state index contributed by atoms with van der Waals surface area (Å²) in [5, 5.41) is 7.60. The number of methoxy groups -OCH3 is 1. The monoisotopic (exact) mass is 409 g/mol. The zero-order chi connectivity index (χ0) is 20.2. The SMILES string of the molecule is COCCOc1cc(-n2cc(-c3ncn[nH]3)c(-c3ccccc3Cl)c2)c(C)cn1. The van der Waals surface area contributed by atoms with Crippen molar-refractivity contribution in [3.8, 4) is 34.1 Å². The molecule has 0 aliphatic heterocycles. The van der Waals surface area contributed by atoms with Gasteiger partial charge in [-0.25, -0.2) is 9.97 Å². The van der Waals surface area contributed by atoms with Crippen molar-refractivity contribution in [1.82, 2.24) is 24.7 Å². The highest BCUT2D eigenvalue weighted by Gasteiger charge is 2.17. The highest BCUT2D eigenvalue weighted by atomic mass is 35.5. The highest BCUT2D eigenvalue weighted by Crippen LogP contribution is 2.36. The molecule has 0 aliphatic carbocycles. The van der Waals surface area contributed by atoms with Crippen LogP contribution in [0.5, 0.6) is 5.88 Å². The van der Waals surface area contributed by atoms with Crippen molar-refractivity contribution in [2.24, 2.45) is 0 Å². The summed E-state index contributed by atoms with van der Waals surface area (Å²) in [6, 6.07) is 9.64. The third-order valence-corrected chi connectivity index (χ3v) is 4.86. The molecule has 3 heterocycles. The molecule has 1 N–H and O–H groups in total. The summed E-state index contributed by atoms with van der Waals surface area (Å²) >= 11 is 6.48. The van der Waals surface area contributed by atoms with Crippen LogP contribution in [0, 0.1) is 6.92 Å². The summed E-state index contributed by atoms with van der Waals surface area (Å²) in [5.41, 5.74) is 4.72. The molecule has 1 aromatic carbocycles.